The molecule has 0 bridgehead atoms. The quantitative estimate of drug-likeness (QED) is 0.551. The van der Waals surface area contributed by atoms with Crippen LogP contribution in [0.25, 0.3) is 0 Å². The molecule has 0 saturated carbocycles. The van der Waals surface area contributed by atoms with Crippen molar-refractivity contribution in [3.05, 3.63) is 0 Å². The molecule has 0 rings (SSSR count). The van der Waals surface area contributed by atoms with Crippen molar-refractivity contribution in [2.75, 3.05) is 13.2 Å². The Labute approximate surface area is 67.0 Å². The average molecular weight is 160 g/mol. The van der Waals surface area contributed by atoms with E-state index in [0.717, 1.165) is 6.29 Å². The van der Waals surface area contributed by atoms with Crippen LogP contribution in [0.4, 0.5) is 0 Å². The lowest BCUT2D eigenvalue weighted by atomic mass is 9.82. The Morgan fingerprint density at radius 3 is 2.18 bits per heavy atom. The summed E-state index contributed by atoms with van der Waals surface area (Å²) in [7, 11) is 0. The summed E-state index contributed by atoms with van der Waals surface area (Å²) in [5.74, 6) is 0. The standard InChI is InChI=1S/C8H16O3/c1-2-8(6-10,7-11)4-3-5-9/h5,10-11H,2-4,6-7H2,1H3. The van der Waals surface area contributed by atoms with Crippen molar-refractivity contribution in [2.24, 2.45) is 5.41 Å². The van der Waals surface area contributed by atoms with Crippen LogP contribution in [-0.4, -0.2) is 29.7 Å². The minimum absolute atomic E-state index is 0.0478. The van der Waals surface area contributed by atoms with E-state index in [1.807, 2.05) is 6.92 Å². The van der Waals surface area contributed by atoms with E-state index in [-0.39, 0.29) is 13.2 Å². The number of rotatable bonds is 6. The molecule has 66 valence electrons. The molecule has 11 heavy (non-hydrogen) atoms. The molecule has 0 saturated heterocycles. The molecule has 0 aromatic heterocycles. The zero-order valence-corrected chi connectivity index (χ0v) is 6.92. The first-order chi connectivity index (χ1) is 5.24. The monoisotopic (exact) mass is 160 g/mol. The fraction of sp³-hybridized carbons (Fsp3) is 0.875. The second-order valence-electron chi connectivity index (χ2n) is 2.88. The van der Waals surface area contributed by atoms with E-state index in [1.54, 1.807) is 0 Å². The predicted molar refractivity (Wildman–Crippen MR) is 42.2 cm³/mol. The van der Waals surface area contributed by atoms with Gasteiger partial charge >= 0.3 is 0 Å². The summed E-state index contributed by atoms with van der Waals surface area (Å²) in [5.41, 5.74) is -0.444. The van der Waals surface area contributed by atoms with E-state index in [2.05, 4.69) is 0 Å². The van der Waals surface area contributed by atoms with Crippen LogP contribution in [-0.2, 0) is 4.79 Å². The van der Waals surface area contributed by atoms with E-state index in [0.29, 0.717) is 19.3 Å². The molecule has 0 aromatic rings. The normalized spacial score (nSPS) is 11.5. The predicted octanol–water partition coefficient (Wildman–Crippen LogP) is 0.346. The third kappa shape index (κ3) is 2.99. The van der Waals surface area contributed by atoms with Gasteiger partial charge in [-0.15, -0.1) is 0 Å². The molecule has 0 fully saturated rings. The highest BCUT2D eigenvalue weighted by Crippen LogP contribution is 2.25. The Bertz CT molecular complexity index is 99.6. The maximum atomic E-state index is 10.0. The van der Waals surface area contributed by atoms with Gasteiger partial charge in [0.1, 0.15) is 6.29 Å². The molecular weight excluding hydrogens is 144 g/mol. The van der Waals surface area contributed by atoms with Gasteiger partial charge < -0.3 is 15.0 Å². The summed E-state index contributed by atoms with van der Waals surface area (Å²) < 4.78 is 0. The maximum absolute atomic E-state index is 10.0. The van der Waals surface area contributed by atoms with Gasteiger partial charge in [0.25, 0.3) is 0 Å². The van der Waals surface area contributed by atoms with Crippen molar-refractivity contribution in [3.8, 4) is 0 Å². The minimum atomic E-state index is -0.444. The van der Waals surface area contributed by atoms with E-state index in [1.165, 1.54) is 0 Å². The van der Waals surface area contributed by atoms with E-state index >= 15 is 0 Å². The van der Waals surface area contributed by atoms with Gasteiger partial charge in [-0.3, -0.25) is 0 Å². The number of aliphatic hydroxyl groups is 2. The van der Waals surface area contributed by atoms with Crippen LogP contribution in [0, 0.1) is 5.41 Å². The lowest BCUT2D eigenvalue weighted by Crippen LogP contribution is -2.29. The van der Waals surface area contributed by atoms with E-state index in [4.69, 9.17) is 10.2 Å². The number of aliphatic hydroxyl groups excluding tert-OH is 2. The van der Waals surface area contributed by atoms with Crippen molar-refractivity contribution in [1.82, 2.24) is 0 Å². The topological polar surface area (TPSA) is 57.5 Å². The van der Waals surface area contributed by atoms with Gasteiger partial charge in [-0.2, -0.15) is 0 Å². The molecule has 0 spiro atoms. The van der Waals surface area contributed by atoms with Gasteiger partial charge in [0, 0.05) is 11.8 Å². The molecule has 0 radical (unpaired) electrons. The summed E-state index contributed by atoms with van der Waals surface area (Å²) in [4.78, 5) is 10.0. The zero-order chi connectivity index (χ0) is 8.74. The Kier molecular flexibility index (Phi) is 5.07. The van der Waals surface area contributed by atoms with Crippen molar-refractivity contribution in [2.45, 2.75) is 26.2 Å². The molecule has 0 aliphatic rings. The largest absolute Gasteiger partial charge is 0.396 e. The van der Waals surface area contributed by atoms with Gasteiger partial charge in [-0.1, -0.05) is 6.92 Å². The van der Waals surface area contributed by atoms with Crippen LogP contribution in [0.15, 0.2) is 0 Å². The summed E-state index contributed by atoms with van der Waals surface area (Å²) in [6.07, 6.45) is 2.50. The van der Waals surface area contributed by atoms with E-state index < -0.39 is 5.41 Å². The van der Waals surface area contributed by atoms with Gasteiger partial charge in [0.05, 0.1) is 13.2 Å². The van der Waals surface area contributed by atoms with Crippen LogP contribution in [0.1, 0.15) is 26.2 Å². The minimum Gasteiger partial charge on any atom is -0.396 e. The first-order valence-corrected chi connectivity index (χ1v) is 3.90. The van der Waals surface area contributed by atoms with Crippen LogP contribution in [0.5, 0.6) is 0 Å². The molecule has 3 nitrogen and oxygen atoms in total. The molecule has 2 N–H and O–H groups in total. The summed E-state index contributed by atoms with van der Waals surface area (Å²) in [5, 5.41) is 17.9. The lowest BCUT2D eigenvalue weighted by molar-refractivity contribution is -0.108. The Hall–Kier alpha value is -0.410. The Morgan fingerprint density at radius 1 is 1.36 bits per heavy atom. The number of aldehydes is 1. The van der Waals surface area contributed by atoms with Crippen molar-refractivity contribution in [1.29, 1.82) is 0 Å². The second-order valence-corrected chi connectivity index (χ2v) is 2.88. The average Bonchev–Trinajstić information content (AvgIpc) is 2.08. The maximum Gasteiger partial charge on any atom is 0.120 e. The SMILES string of the molecule is CCC(CO)(CO)CCC=O. The van der Waals surface area contributed by atoms with Crippen molar-refractivity contribution in [3.63, 3.8) is 0 Å². The smallest absolute Gasteiger partial charge is 0.120 e. The first kappa shape index (κ1) is 10.6. The second kappa shape index (κ2) is 5.27. The molecule has 0 unspecified atom stereocenters. The molecular formula is C8H16O3. The highest BCUT2D eigenvalue weighted by atomic mass is 16.3. The van der Waals surface area contributed by atoms with Gasteiger partial charge in [0.15, 0.2) is 0 Å². The summed E-state index contributed by atoms with van der Waals surface area (Å²) >= 11 is 0. The van der Waals surface area contributed by atoms with Crippen molar-refractivity contribution >= 4 is 6.29 Å². The highest BCUT2D eigenvalue weighted by Gasteiger charge is 2.25. The number of carbonyl (C=O) groups is 1. The third-order valence-corrected chi connectivity index (χ3v) is 2.21. The van der Waals surface area contributed by atoms with Crippen LogP contribution in [0.2, 0.25) is 0 Å². The third-order valence-electron chi connectivity index (χ3n) is 2.21. The highest BCUT2D eigenvalue weighted by molar-refractivity contribution is 5.49. The lowest BCUT2D eigenvalue weighted by Gasteiger charge is -2.27. The molecule has 0 atom stereocenters. The van der Waals surface area contributed by atoms with Crippen LogP contribution in [0.3, 0.4) is 0 Å². The Balaban J connectivity index is 3.93. The number of hydrogen-bond acceptors (Lipinski definition) is 3. The molecule has 0 aliphatic heterocycles. The van der Waals surface area contributed by atoms with Crippen LogP contribution >= 0.6 is 0 Å². The van der Waals surface area contributed by atoms with Crippen LogP contribution < -0.4 is 0 Å². The fourth-order valence-corrected chi connectivity index (χ4v) is 0.974. The molecule has 0 aromatic carbocycles. The fourth-order valence-electron chi connectivity index (χ4n) is 0.974. The summed E-state index contributed by atoms with van der Waals surface area (Å²) in [6.45, 7) is 1.80. The molecule has 3 heteroatoms. The number of carbonyl (C=O) groups excluding carboxylic acids is 1. The van der Waals surface area contributed by atoms with Gasteiger partial charge in [-0.25, -0.2) is 0 Å². The summed E-state index contributed by atoms with van der Waals surface area (Å²) in [6, 6.07) is 0. The van der Waals surface area contributed by atoms with Crippen molar-refractivity contribution < 1.29 is 15.0 Å². The zero-order valence-electron chi connectivity index (χ0n) is 6.92. The molecule has 0 heterocycles. The molecule has 0 amide bonds. The van der Waals surface area contributed by atoms with Gasteiger partial charge in [0.2, 0.25) is 0 Å². The number of hydrogen-bond donors (Lipinski definition) is 2. The molecule has 0 aliphatic carbocycles. The Morgan fingerprint density at radius 2 is 1.91 bits per heavy atom. The first-order valence-electron chi connectivity index (χ1n) is 3.90. The van der Waals surface area contributed by atoms with E-state index in [9.17, 15) is 4.79 Å². The van der Waals surface area contributed by atoms with Gasteiger partial charge in [-0.05, 0) is 12.8 Å².